The summed E-state index contributed by atoms with van der Waals surface area (Å²) >= 11 is 0. The molecule has 0 aromatic rings. The van der Waals surface area contributed by atoms with E-state index in [2.05, 4.69) is 12.2 Å². The summed E-state index contributed by atoms with van der Waals surface area (Å²) in [5.74, 6) is 0.00746. The Bertz CT molecular complexity index is 178. The predicted molar refractivity (Wildman–Crippen MR) is 51.7 cm³/mol. The van der Waals surface area contributed by atoms with Crippen LogP contribution in [0, 0.1) is 5.92 Å². The Hall–Kier alpha value is -0.570. The molecule has 1 aliphatic carbocycles. The van der Waals surface area contributed by atoms with Crippen molar-refractivity contribution in [1.82, 2.24) is 5.32 Å². The molecule has 3 nitrogen and oxygen atoms in total. The van der Waals surface area contributed by atoms with Gasteiger partial charge in [0, 0.05) is 6.04 Å². The van der Waals surface area contributed by atoms with Crippen LogP contribution in [0.4, 0.5) is 0 Å². The number of hydrogen-bond acceptors (Lipinski definition) is 2. The molecule has 3 heteroatoms. The van der Waals surface area contributed by atoms with E-state index < -0.39 is 5.97 Å². The van der Waals surface area contributed by atoms with Crippen LogP contribution in [-0.4, -0.2) is 23.2 Å². The molecule has 1 saturated carbocycles. The molecule has 1 rings (SSSR count). The van der Waals surface area contributed by atoms with Crippen molar-refractivity contribution >= 4 is 5.97 Å². The van der Waals surface area contributed by atoms with Gasteiger partial charge in [-0.2, -0.15) is 0 Å². The Morgan fingerprint density at radius 3 is 2.62 bits per heavy atom. The lowest BCUT2D eigenvalue weighted by atomic mass is 10.1. The second-order valence-corrected chi connectivity index (χ2v) is 3.97. The lowest BCUT2D eigenvalue weighted by Crippen LogP contribution is -2.42. The van der Waals surface area contributed by atoms with Crippen molar-refractivity contribution in [3.05, 3.63) is 0 Å². The van der Waals surface area contributed by atoms with Gasteiger partial charge in [0.25, 0.3) is 0 Å². The van der Waals surface area contributed by atoms with Crippen LogP contribution in [0.2, 0.25) is 0 Å². The van der Waals surface area contributed by atoms with Gasteiger partial charge in [-0.25, -0.2) is 0 Å². The van der Waals surface area contributed by atoms with Crippen LogP contribution in [0.25, 0.3) is 0 Å². The van der Waals surface area contributed by atoms with Gasteiger partial charge in [0.05, 0.1) is 0 Å². The summed E-state index contributed by atoms with van der Waals surface area (Å²) in [5.41, 5.74) is 0. The highest BCUT2D eigenvalue weighted by atomic mass is 16.4. The number of carbonyl (C=O) groups is 1. The zero-order valence-corrected chi connectivity index (χ0v) is 8.42. The summed E-state index contributed by atoms with van der Waals surface area (Å²) in [6.45, 7) is 4.10. The maximum absolute atomic E-state index is 10.8. The van der Waals surface area contributed by atoms with Crippen LogP contribution in [0.5, 0.6) is 0 Å². The summed E-state index contributed by atoms with van der Waals surface area (Å²) in [6, 6.07) is 0.0215. The maximum Gasteiger partial charge on any atom is 0.320 e. The summed E-state index contributed by atoms with van der Waals surface area (Å²) in [4.78, 5) is 10.8. The van der Waals surface area contributed by atoms with Crippen LogP contribution >= 0.6 is 0 Å². The van der Waals surface area contributed by atoms with E-state index in [9.17, 15) is 4.79 Å². The molecular formula is C10H19NO2. The van der Waals surface area contributed by atoms with E-state index in [0.29, 0.717) is 6.04 Å². The molecule has 0 saturated heterocycles. The molecule has 0 radical (unpaired) electrons. The predicted octanol–water partition coefficient (Wildman–Crippen LogP) is 1.63. The zero-order chi connectivity index (χ0) is 9.84. The highest BCUT2D eigenvalue weighted by Gasteiger charge is 2.30. The monoisotopic (exact) mass is 185 g/mol. The highest BCUT2D eigenvalue weighted by molar-refractivity contribution is 5.73. The zero-order valence-electron chi connectivity index (χ0n) is 8.42. The van der Waals surface area contributed by atoms with E-state index in [1.54, 1.807) is 0 Å². The second kappa shape index (κ2) is 4.61. The van der Waals surface area contributed by atoms with Crippen molar-refractivity contribution in [3.63, 3.8) is 0 Å². The average Bonchev–Trinajstić information content (AvgIpc) is 2.85. The van der Waals surface area contributed by atoms with Crippen molar-refractivity contribution < 1.29 is 9.90 Å². The third-order valence-corrected chi connectivity index (χ3v) is 2.67. The molecule has 0 aliphatic heterocycles. The molecule has 1 fully saturated rings. The van der Waals surface area contributed by atoms with Crippen molar-refractivity contribution in [2.24, 2.45) is 5.92 Å². The van der Waals surface area contributed by atoms with Gasteiger partial charge in [-0.1, -0.05) is 13.3 Å². The van der Waals surface area contributed by atoms with Crippen molar-refractivity contribution in [2.45, 2.75) is 51.6 Å². The van der Waals surface area contributed by atoms with Crippen molar-refractivity contribution in [2.75, 3.05) is 0 Å². The Morgan fingerprint density at radius 1 is 1.62 bits per heavy atom. The molecule has 0 bridgehead atoms. The molecule has 0 spiro atoms. The highest BCUT2D eigenvalue weighted by Crippen LogP contribution is 2.32. The van der Waals surface area contributed by atoms with Crippen molar-refractivity contribution in [3.8, 4) is 0 Å². The van der Waals surface area contributed by atoms with Gasteiger partial charge in [0.15, 0.2) is 0 Å². The fourth-order valence-electron chi connectivity index (χ4n) is 1.62. The quantitative estimate of drug-likeness (QED) is 0.661. The minimum absolute atomic E-state index is 0.347. The number of carboxylic acid groups (broad SMARTS) is 1. The van der Waals surface area contributed by atoms with E-state index in [1.165, 1.54) is 12.8 Å². The topological polar surface area (TPSA) is 49.3 Å². The molecule has 0 aromatic heterocycles. The Kier molecular flexibility index (Phi) is 3.72. The standard InChI is InChI=1S/C10H19NO2/c1-3-4-9(10(12)13)11-7(2)8-5-6-8/h7-9,11H,3-6H2,1-2H3,(H,12,13)/t7?,9-/m0/s1. The van der Waals surface area contributed by atoms with E-state index in [4.69, 9.17) is 5.11 Å². The summed E-state index contributed by atoms with van der Waals surface area (Å²) < 4.78 is 0. The number of hydrogen-bond donors (Lipinski definition) is 2. The van der Waals surface area contributed by atoms with Gasteiger partial charge in [-0.3, -0.25) is 4.79 Å². The van der Waals surface area contributed by atoms with Crippen molar-refractivity contribution in [1.29, 1.82) is 0 Å². The maximum atomic E-state index is 10.8. The fourth-order valence-corrected chi connectivity index (χ4v) is 1.62. The largest absolute Gasteiger partial charge is 0.480 e. The first kappa shape index (κ1) is 10.5. The molecule has 2 atom stereocenters. The number of rotatable bonds is 6. The molecule has 1 aliphatic rings. The Labute approximate surface area is 79.5 Å². The Balaban J connectivity index is 2.31. The van der Waals surface area contributed by atoms with Crippen LogP contribution in [0.15, 0.2) is 0 Å². The molecule has 0 heterocycles. The molecule has 76 valence electrons. The van der Waals surface area contributed by atoms with Gasteiger partial charge >= 0.3 is 5.97 Å². The summed E-state index contributed by atoms with van der Waals surface area (Å²) in [7, 11) is 0. The first-order valence-electron chi connectivity index (χ1n) is 5.14. The van der Waals surface area contributed by atoms with Crippen LogP contribution < -0.4 is 5.32 Å². The molecule has 2 N–H and O–H groups in total. The van der Waals surface area contributed by atoms with Gasteiger partial charge in [-0.15, -0.1) is 0 Å². The first-order chi connectivity index (χ1) is 6.15. The van der Waals surface area contributed by atoms with Gasteiger partial charge in [0.2, 0.25) is 0 Å². The first-order valence-corrected chi connectivity index (χ1v) is 5.14. The van der Waals surface area contributed by atoms with Gasteiger partial charge < -0.3 is 10.4 Å². The van der Waals surface area contributed by atoms with Gasteiger partial charge in [-0.05, 0) is 32.1 Å². The second-order valence-electron chi connectivity index (χ2n) is 3.97. The SMILES string of the molecule is CCC[C@H](NC(C)C1CC1)C(=O)O. The molecule has 1 unspecified atom stereocenters. The Morgan fingerprint density at radius 2 is 2.23 bits per heavy atom. The van der Waals surface area contributed by atoms with E-state index >= 15 is 0 Å². The minimum atomic E-state index is -0.714. The number of carboxylic acids is 1. The summed E-state index contributed by atoms with van der Waals surface area (Å²) in [6.07, 6.45) is 4.16. The molecular weight excluding hydrogens is 166 g/mol. The molecule has 0 amide bonds. The van der Waals surface area contributed by atoms with E-state index in [0.717, 1.165) is 18.8 Å². The number of nitrogens with one attached hydrogen (secondary N) is 1. The van der Waals surface area contributed by atoms with Crippen LogP contribution in [0.1, 0.15) is 39.5 Å². The lowest BCUT2D eigenvalue weighted by Gasteiger charge is -2.19. The van der Waals surface area contributed by atoms with Crippen LogP contribution in [-0.2, 0) is 4.79 Å². The third kappa shape index (κ3) is 3.35. The lowest BCUT2D eigenvalue weighted by molar-refractivity contribution is -0.139. The number of aliphatic carboxylic acids is 1. The third-order valence-electron chi connectivity index (χ3n) is 2.67. The smallest absolute Gasteiger partial charge is 0.320 e. The van der Waals surface area contributed by atoms with Crippen LogP contribution in [0.3, 0.4) is 0 Å². The summed E-state index contributed by atoms with van der Waals surface area (Å²) in [5, 5.41) is 12.1. The normalized spacial score (nSPS) is 21.1. The fraction of sp³-hybridized carbons (Fsp3) is 0.900. The van der Waals surface area contributed by atoms with E-state index in [1.807, 2.05) is 6.92 Å². The van der Waals surface area contributed by atoms with Gasteiger partial charge in [0.1, 0.15) is 6.04 Å². The van der Waals surface area contributed by atoms with E-state index in [-0.39, 0.29) is 6.04 Å². The molecule has 0 aromatic carbocycles. The molecule has 13 heavy (non-hydrogen) atoms. The average molecular weight is 185 g/mol. The minimum Gasteiger partial charge on any atom is -0.480 e.